The molecule has 2 heterocycles. The van der Waals surface area contributed by atoms with Crippen molar-refractivity contribution >= 4 is 52.6 Å². The highest BCUT2D eigenvalue weighted by atomic mass is 19.3. The topological polar surface area (TPSA) is 206 Å². The third-order valence-electron chi connectivity index (χ3n) is 12.3. The number of rotatable bonds is 23. The van der Waals surface area contributed by atoms with E-state index in [2.05, 4.69) is 37.8 Å². The first-order chi connectivity index (χ1) is 32.8. The van der Waals surface area contributed by atoms with Crippen molar-refractivity contribution < 1.29 is 47.1 Å². The summed E-state index contributed by atoms with van der Waals surface area (Å²) >= 11 is 0. The van der Waals surface area contributed by atoms with E-state index in [9.17, 15) is 33.6 Å². The van der Waals surface area contributed by atoms with Crippen molar-refractivity contribution in [2.75, 3.05) is 6.54 Å². The molecule has 1 aliphatic rings. The van der Waals surface area contributed by atoms with Gasteiger partial charge < -0.3 is 35.7 Å². The van der Waals surface area contributed by atoms with Gasteiger partial charge in [-0.3, -0.25) is 33.8 Å². The fourth-order valence-corrected chi connectivity index (χ4v) is 8.55. The Hall–Kier alpha value is -6.91. The molecule has 0 saturated carbocycles. The van der Waals surface area contributed by atoms with Gasteiger partial charge in [0.05, 0.1) is 25.2 Å². The minimum Gasteiger partial charge on any atom is -0.460 e. The molecule has 1 aromatic heterocycles. The fraction of sp³-hybridized carbons (Fsp3) is 0.442. The van der Waals surface area contributed by atoms with E-state index < -0.39 is 95.5 Å². The summed E-state index contributed by atoms with van der Waals surface area (Å²) in [5.41, 5.74) is 0.148. The van der Waals surface area contributed by atoms with Crippen molar-refractivity contribution in [3.8, 4) is 0 Å². The van der Waals surface area contributed by atoms with Crippen LogP contribution in [0.15, 0.2) is 98.0 Å². The molecule has 6 atom stereocenters. The SMILES string of the molecule is C=CCc1ccccc1CCC(=O)O[C@@H]1C[C@@H](C(=O)N[C@](C=O)(CCC)CC(F)(F)C(=O)N[C@@H](C)c2ccc3ccccc3c2)N(C(=O)[C@@H](NC(=O)[C@@H](NC(=O)c2cnccn2)C(C)C)C(C)C)C1. The van der Waals surface area contributed by atoms with E-state index in [1.165, 1.54) is 18.6 Å². The van der Waals surface area contributed by atoms with Crippen LogP contribution < -0.4 is 21.3 Å². The van der Waals surface area contributed by atoms with E-state index in [0.29, 0.717) is 18.4 Å². The maximum absolute atomic E-state index is 16.1. The summed E-state index contributed by atoms with van der Waals surface area (Å²) in [6.07, 6.45) is 3.86. The second-order valence-corrected chi connectivity index (χ2v) is 18.3. The normalized spacial score (nSPS) is 17.0. The highest BCUT2D eigenvalue weighted by Crippen LogP contribution is 2.32. The molecule has 15 nitrogen and oxygen atoms in total. The molecule has 1 aliphatic heterocycles. The molecule has 4 N–H and O–H groups in total. The highest BCUT2D eigenvalue weighted by Gasteiger charge is 2.51. The highest BCUT2D eigenvalue weighted by molar-refractivity contribution is 5.98. The van der Waals surface area contributed by atoms with Gasteiger partial charge in [-0.2, -0.15) is 8.78 Å². The summed E-state index contributed by atoms with van der Waals surface area (Å²) < 4.78 is 38.2. The number of aromatic nitrogens is 2. The second kappa shape index (κ2) is 23.9. The standard InChI is InChI=1S/C52H63F2N7O8/c1-8-14-35-15-10-11-16-36(35)21-22-43(63)69-40-27-42(61(29-40)49(67)45(33(5)6)59-48(66)44(32(3)4)58-46(64)41-28-55-24-25-56-41)47(65)60-51(31-62,23-9-2)30-52(53,54)50(68)57-34(7)38-20-19-37-17-12-13-18-39(37)26-38/h8,10-13,15-20,24-26,28,31-34,40,42,44-45H,1,9,14,21-23,27,29-30H2,2-7H3,(H,57,68)(H,58,64)(H,59,66)(H,60,65)/t34-,40+,42-,44-,45-,51+/m0/s1. The van der Waals surface area contributed by atoms with Crippen LogP contribution in [0.5, 0.6) is 0 Å². The van der Waals surface area contributed by atoms with Crippen LogP contribution in [0.3, 0.4) is 0 Å². The quantitative estimate of drug-likeness (QED) is 0.0379. The largest absolute Gasteiger partial charge is 0.460 e. The molecule has 17 heteroatoms. The molecule has 4 aromatic rings. The molecule has 0 aliphatic carbocycles. The zero-order chi connectivity index (χ0) is 50.5. The van der Waals surface area contributed by atoms with Gasteiger partial charge in [-0.1, -0.05) is 108 Å². The summed E-state index contributed by atoms with van der Waals surface area (Å²) in [7, 11) is 0. The second-order valence-electron chi connectivity index (χ2n) is 18.3. The molecule has 0 bridgehead atoms. The van der Waals surface area contributed by atoms with Crippen LogP contribution in [-0.2, 0) is 46.3 Å². The lowest BCUT2D eigenvalue weighted by Gasteiger charge is -2.36. The number of carbonyl (C=O) groups excluding carboxylic acids is 7. The van der Waals surface area contributed by atoms with Crippen molar-refractivity contribution in [1.82, 2.24) is 36.1 Å². The van der Waals surface area contributed by atoms with Gasteiger partial charge in [0.2, 0.25) is 17.7 Å². The molecule has 0 spiro atoms. The number of allylic oxidation sites excluding steroid dienone is 1. The molecular weight excluding hydrogens is 889 g/mol. The number of esters is 1. The van der Waals surface area contributed by atoms with Crippen molar-refractivity contribution in [1.29, 1.82) is 0 Å². The number of fused-ring (bicyclic) bond motifs is 1. The Morgan fingerprint density at radius 3 is 2.20 bits per heavy atom. The summed E-state index contributed by atoms with van der Waals surface area (Å²) in [5, 5.41) is 12.0. The van der Waals surface area contributed by atoms with Crippen LogP contribution in [-0.4, -0.2) is 98.9 Å². The molecule has 1 fully saturated rings. The third kappa shape index (κ3) is 13.9. The van der Waals surface area contributed by atoms with E-state index >= 15 is 8.78 Å². The number of nitrogens with zero attached hydrogens (tertiary/aromatic N) is 3. The number of alkyl halides is 2. The number of amides is 5. The molecule has 368 valence electrons. The number of halogens is 2. The minimum absolute atomic E-state index is 0.0386. The molecule has 5 rings (SSSR count). The Labute approximate surface area is 401 Å². The van der Waals surface area contributed by atoms with Crippen LogP contribution in [0, 0.1) is 11.8 Å². The van der Waals surface area contributed by atoms with Crippen molar-refractivity contribution in [2.24, 2.45) is 11.8 Å². The number of likely N-dealkylation sites (tertiary alicyclic amines) is 1. The first-order valence-electron chi connectivity index (χ1n) is 23.3. The van der Waals surface area contributed by atoms with Crippen molar-refractivity contribution in [3.05, 3.63) is 120 Å². The Bertz CT molecular complexity index is 2490. The smallest absolute Gasteiger partial charge is 0.327 e. The van der Waals surface area contributed by atoms with E-state index in [1.54, 1.807) is 59.8 Å². The van der Waals surface area contributed by atoms with Crippen molar-refractivity contribution in [3.63, 3.8) is 0 Å². The number of aldehydes is 1. The molecular formula is C52H63F2N7O8. The van der Waals surface area contributed by atoms with Crippen LogP contribution in [0.1, 0.15) is 107 Å². The zero-order valence-corrected chi connectivity index (χ0v) is 40.0. The maximum atomic E-state index is 16.1. The molecule has 5 amide bonds. The number of benzene rings is 3. The van der Waals surface area contributed by atoms with Crippen LogP contribution in [0.2, 0.25) is 0 Å². The average Bonchev–Trinajstić information content (AvgIpc) is 3.75. The van der Waals surface area contributed by atoms with Gasteiger partial charge in [0.1, 0.15) is 41.7 Å². The van der Waals surface area contributed by atoms with Crippen LogP contribution >= 0.6 is 0 Å². The summed E-state index contributed by atoms with van der Waals surface area (Å²) in [5.74, 6) is -10.7. The third-order valence-corrected chi connectivity index (χ3v) is 12.3. The van der Waals surface area contributed by atoms with Gasteiger partial charge in [0, 0.05) is 25.2 Å². The number of ether oxygens (including phenoxy) is 1. The van der Waals surface area contributed by atoms with Gasteiger partial charge in [0.15, 0.2) is 0 Å². The predicted molar refractivity (Wildman–Crippen MR) is 255 cm³/mol. The van der Waals surface area contributed by atoms with Gasteiger partial charge in [-0.25, -0.2) is 4.98 Å². The van der Waals surface area contributed by atoms with Crippen LogP contribution in [0.25, 0.3) is 10.8 Å². The number of nitrogens with one attached hydrogen (secondary N) is 4. The number of carbonyl (C=O) groups is 7. The van der Waals surface area contributed by atoms with E-state index in [0.717, 1.165) is 26.8 Å². The molecule has 69 heavy (non-hydrogen) atoms. The molecule has 0 unspecified atom stereocenters. The first kappa shape index (κ1) is 53.1. The number of hydrogen-bond acceptors (Lipinski definition) is 10. The Morgan fingerprint density at radius 2 is 1.57 bits per heavy atom. The van der Waals surface area contributed by atoms with Gasteiger partial charge in [-0.15, -0.1) is 6.58 Å². The Kier molecular flexibility index (Phi) is 18.4. The van der Waals surface area contributed by atoms with E-state index in [1.807, 2.05) is 54.6 Å². The van der Waals surface area contributed by atoms with Gasteiger partial charge in [-0.05, 0) is 71.6 Å². The summed E-state index contributed by atoms with van der Waals surface area (Å²) in [4.78, 5) is 105. The lowest BCUT2D eigenvalue weighted by Crippen LogP contribution is -2.61. The fourth-order valence-electron chi connectivity index (χ4n) is 8.55. The lowest BCUT2D eigenvalue weighted by molar-refractivity contribution is -0.152. The zero-order valence-electron chi connectivity index (χ0n) is 40.0. The summed E-state index contributed by atoms with van der Waals surface area (Å²) in [6, 6.07) is 15.5. The van der Waals surface area contributed by atoms with Gasteiger partial charge >= 0.3 is 11.9 Å². The number of hydrogen-bond donors (Lipinski definition) is 4. The molecule has 0 radical (unpaired) electrons. The Morgan fingerprint density at radius 1 is 0.884 bits per heavy atom. The maximum Gasteiger partial charge on any atom is 0.327 e. The predicted octanol–water partition coefficient (Wildman–Crippen LogP) is 6.16. The average molecular weight is 952 g/mol. The summed E-state index contributed by atoms with van der Waals surface area (Å²) in [6.45, 7) is 13.4. The monoisotopic (exact) mass is 951 g/mol. The lowest BCUT2D eigenvalue weighted by atomic mass is 9.87. The van der Waals surface area contributed by atoms with Gasteiger partial charge in [0.25, 0.3) is 11.8 Å². The van der Waals surface area contributed by atoms with Crippen LogP contribution in [0.4, 0.5) is 8.78 Å². The van der Waals surface area contributed by atoms with E-state index in [-0.39, 0.29) is 44.2 Å². The number of aryl methyl sites for hydroxylation is 1. The Balaban J connectivity index is 1.38. The van der Waals surface area contributed by atoms with Crippen molar-refractivity contribution in [2.45, 2.75) is 128 Å². The molecule has 3 aromatic carbocycles. The first-order valence-corrected chi connectivity index (χ1v) is 23.3. The van der Waals surface area contributed by atoms with E-state index in [4.69, 9.17) is 4.74 Å². The minimum atomic E-state index is -4.16. The molecule has 1 saturated heterocycles.